The fraction of sp³-hybridized carbons (Fsp3) is 0. The number of aromatic nitrogens is 1. The van der Waals surface area contributed by atoms with Crippen LogP contribution in [0.15, 0.2) is 194 Å². The Kier molecular flexibility index (Phi) is 6.84. The third-order valence-electron chi connectivity index (χ3n) is 9.39. The maximum Gasteiger partial charge on any atom is 0.0619 e. The summed E-state index contributed by atoms with van der Waals surface area (Å²) in [4.78, 5) is 2.29. The van der Waals surface area contributed by atoms with Gasteiger partial charge in [-0.25, -0.2) is 0 Å². The van der Waals surface area contributed by atoms with E-state index >= 15 is 0 Å². The van der Waals surface area contributed by atoms with E-state index in [0.717, 1.165) is 17.1 Å². The van der Waals surface area contributed by atoms with Crippen molar-refractivity contribution in [3.8, 4) is 33.4 Å². The first-order valence-corrected chi connectivity index (χ1v) is 16.4. The van der Waals surface area contributed by atoms with Crippen LogP contribution in [-0.2, 0) is 0 Å². The molecule has 2 aromatic heterocycles. The summed E-state index contributed by atoms with van der Waals surface area (Å²) in [5.41, 5.74) is 13.2. The summed E-state index contributed by atoms with van der Waals surface area (Å²) in [6.45, 7) is 0. The van der Waals surface area contributed by atoms with Gasteiger partial charge in [0.25, 0.3) is 0 Å². The molecule has 2 heterocycles. The van der Waals surface area contributed by atoms with Crippen molar-refractivity contribution in [2.45, 2.75) is 0 Å². The van der Waals surface area contributed by atoms with E-state index in [9.17, 15) is 0 Å². The van der Waals surface area contributed by atoms with E-state index < -0.39 is 0 Å². The Morgan fingerprint density at radius 2 is 0.917 bits per heavy atom. The molecule has 0 spiro atoms. The summed E-state index contributed by atoms with van der Waals surface area (Å²) in [6.07, 6.45) is 2.20. The highest BCUT2D eigenvalue weighted by Gasteiger charge is 2.19. The van der Waals surface area contributed by atoms with Crippen LogP contribution >= 0.6 is 0 Å². The van der Waals surface area contributed by atoms with Gasteiger partial charge < -0.3 is 9.30 Å². The number of rotatable bonds is 6. The van der Waals surface area contributed by atoms with Crippen LogP contribution < -0.4 is 4.90 Å². The molecule has 7 aromatic carbocycles. The zero-order valence-electron chi connectivity index (χ0n) is 26.4. The van der Waals surface area contributed by atoms with Gasteiger partial charge in [-0.2, -0.15) is 0 Å². The summed E-state index contributed by atoms with van der Waals surface area (Å²) >= 11 is 0. The first kappa shape index (κ1) is 27.9. The lowest BCUT2D eigenvalue weighted by Gasteiger charge is -2.25. The van der Waals surface area contributed by atoms with Gasteiger partial charge in [0, 0.05) is 39.8 Å². The van der Waals surface area contributed by atoms with Gasteiger partial charge in [0.15, 0.2) is 0 Å². The molecule has 0 aliphatic carbocycles. The molecule has 0 fully saturated rings. The third kappa shape index (κ3) is 4.74. The van der Waals surface area contributed by atoms with Gasteiger partial charge in [0.2, 0.25) is 0 Å². The fourth-order valence-corrected chi connectivity index (χ4v) is 7.17. The molecular weight excluding hydrogens is 581 g/mol. The second kappa shape index (κ2) is 11.8. The van der Waals surface area contributed by atoms with Crippen molar-refractivity contribution >= 4 is 44.3 Å². The molecular formula is C46H32N2. The van der Waals surface area contributed by atoms with Crippen molar-refractivity contribution in [1.82, 2.24) is 4.40 Å². The summed E-state index contributed by atoms with van der Waals surface area (Å²) in [6, 6.07) is 67.5. The lowest BCUT2D eigenvalue weighted by Crippen LogP contribution is -2.09. The van der Waals surface area contributed by atoms with E-state index in [2.05, 4.69) is 204 Å². The molecule has 0 bridgehead atoms. The molecule has 2 heteroatoms. The van der Waals surface area contributed by atoms with Crippen molar-refractivity contribution in [2.75, 3.05) is 4.90 Å². The Morgan fingerprint density at radius 3 is 1.58 bits per heavy atom. The monoisotopic (exact) mass is 612 g/mol. The number of fused-ring (bicyclic) bond motifs is 5. The molecule has 0 aliphatic rings. The Balaban J connectivity index is 1.13. The Hall–Kier alpha value is -6.38. The molecule has 0 N–H and O–H groups in total. The van der Waals surface area contributed by atoms with Crippen LogP contribution in [0.1, 0.15) is 0 Å². The largest absolute Gasteiger partial charge is 0.315 e. The van der Waals surface area contributed by atoms with E-state index in [1.54, 1.807) is 0 Å². The number of hydrogen-bond acceptors (Lipinski definition) is 1. The topological polar surface area (TPSA) is 7.65 Å². The fourth-order valence-electron chi connectivity index (χ4n) is 7.17. The Morgan fingerprint density at radius 1 is 0.375 bits per heavy atom. The summed E-state index contributed by atoms with van der Waals surface area (Å²) in [7, 11) is 0. The molecule has 9 aromatic rings. The predicted octanol–water partition coefficient (Wildman–Crippen LogP) is 12.7. The average Bonchev–Trinajstić information content (AvgIpc) is 3.52. The molecule has 2 nitrogen and oxygen atoms in total. The van der Waals surface area contributed by atoms with E-state index in [0.29, 0.717) is 0 Å². The highest BCUT2D eigenvalue weighted by atomic mass is 15.1. The zero-order valence-corrected chi connectivity index (χ0v) is 26.4. The Bertz CT molecular complexity index is 2470. The van der Waals surface area contributed by atoms with Crippen molar-refractivity contribution < 1.29 is 0 Å². The SMILES string of the molecule is c1ccc(-c2c3c4ccccc4ccc3n3cccc(-c4ccc(-c5ccc(N(c6ccccc6)c6ccccc6)cc5)cc4)c23)cc1. The first-order chi connectivity index (χ1) is 23.8. The van der Waals surface area contributed by atoms with Crippen LogP contribution in [0.25, 0.3) is 60.6 Å². The second-order valence-corrected chi connectivity index (χ2v) is 12.2. The lowest BCUT2D eigenvalue weighted by atomic mass is 9.95. The minimum Gasteiger partial charge on any atom is -0.315 e. The van der Waals surface area contributed by atoms with Gasteiger partial charge in [-0.15, -0.1) is 0 Å². The Labute approximate surface area is 280 Å². The van der Waals surface area contributed by atoms with Crippen LogP contribution in [0.3, 0.4) is 0 Å². The molecule has 0 saturated carbocycles. The third-order valence-corrected chi connectivity index (χ3v) is 9.39. The average molecular weight is 613 g/mol. The quantitative estimate of drug-likeness (QED) is 0.181. The molecule has 0 amide bonds. The second-order valence-electron chi connectivity index (χ2n) is 12.2. The van der Waals surface area contributed by atoms with Crippen molar-refractivity contribution in [1.29, 1.82) is 0 Å². The van der Waals surface area contributed by atoms with E-state index in [1.165, 1.54) is 60.6 Å². The standard InChI is InChI=1S/C46H32N2/c1-4-14-37(15-5-1)44-45-41-20-11-10-13-35(41)28-31-43(45)47-32-12-21-42(46(44)47)36-24-22-33(23-25-36)34-26-29-40(30-27-34)48(38-16-6-2-7-17-38)39-18-8-3-9-19-39/h1-32H. The molecule has 9 rings (SSSR count). The van der Waals surface area contributed by atoms with E-state index in [1.807, 2.05) is 0 Å². The van der Waals surface area contributed by atoms with Gasteiger partial charge in [-0.1, -0.05) is 140 Å². The number of nitrogens with zero attached hydrogens (tertiary/aromatic N) is 2. The van der Waals surface area contributed by atoms with E-state index in [-0.39, 0.29) is 0 Å². The minimum atomic E-state index is 1.13. The molecule has 48 heavy (non-hydrogen) atoms. The number of pyridine rings is 1. The van der Waals surface area contributed by atoms with Gasteiger partial charge in [-0.05, 0) is 81.6 Å². The summed E-state index contributed by atoms with van der Waals surface area (Å²) in [5, 5.41) is 3.83. The number of anilines is 3. The normalized spacial score (nSPS) is 11.3. The molecule has 0 unspecified atom stereocenters. The molecule has 0 atom stereocenters. The molecule has 226 valence electrons. The highest BCUT2D eigenvalue weighted by Crippen LogP contribution is 2.43. The van der Waals surface area contributed by atoms with Gasteiger partial charge >= 0.3 is 0 Å². The van der Waals surface area contributed by atoms with Gasteiger partial charge in [0.1, 0.15) is 0 Å². The van der Waals surface area contributed by atoms with Crippen molar-refractivity contribution in [2.24, 2.45) is 0 Å². The van der Waals surface area contributed by atoms with Gasteiger partial charge in [-0.3, -0.25) is 0 Å². The summed E-state index contributed by atoms with van der Waals surface area (Å²) in [5.74, 6) is 0. The van der Waals surface area contributed by atoms with Crippen LogP contribution in [0.2, 0.25) is 0 Å². The number of benzene rings is 7. The van der Waals surface area contributed by atoms with E-state index in [4.69, 9.17) is 0 Å². The number of para-hydroxylation sites is 2. The van der Waals surface area contributed by atoms with Crippen LogP contribution in [0, 0.1) is 0 Å². The molecule has 0 radical (unpaired) electrons. The number of hydrogen-bond donors (Lipinski definition) is 0. The predicted molar refractivity (Wildman–Crippen MR) is 203 cm³/mol. The van der Waals surface area contributed by atoms with Crippen LogP contribution in [-0.4, -0.2) is 4.40 Å². The van der Waals surface area contributed by atoms with Gasteiger partial charge in [0.05, 0.1) is 11.0 Å². The first-order valence-electron chi connectivity index (χ1n) is 16.4. The lowest BCUT2D eigenvalue weighted by molar-refractivity contribution is 1.26. The van der Waals surface area contributed by atoms with Crippen molar-refractivity contribution in [3.05, 3.63) is 194 Å². The smallest absolute Gasteiger partial charge is 0.0619 e. The highest BCUT2D eigenvalue weighted by molar-refractivity contribution is 6.20. The van der Waals surface area contributed by atoms with Crippen LogP contribution in [0.4, 0.5) is 17.1 Å². The zero-order chi connectivity index (χ0) is 31.9. The van der Waals surface area contributed by atoms with Crippen LogP contribution in [0.5, 0.6) is 0 Å². The van der Waals surface area contributed by atoms with Crippen molar-refractivity contribution in [3.63, 3.8) is 0 Å². The maximum atomic E-state index is 2.37. The maximum absolute atomic E-state index is 2.37. The minimum absolute atomic E-state index is 1.13. The molecule has 0 saturated heterocycles. The molecule has 0 aliphatic heterocycles. The summed E-state index contributed by atoms with van der Waals surface area (Å²) < 4.78 is 2.37.